The number of carboxylic acids is 1. The Morgan fingerprint density at radius 3 is 2.75 bits per heavy atom. The molecule has 0 aliphatic heterocycles. The monoisotopic (exact) mass is 227 g/mol. The molecule has 1 heterocycles. The quantitative estimate of drug-likeness (QED) is 0.552. The van der Waals surface area contributed by atoms with E-state index in [0.29, 0.717) is 6.42 Å². The van der Waals surface area contributed by atoms with Crippen LogP contribution in [0.15, 0.2) is 11.0 Å². The van der Waals surface area contributed by atoms with Crippen LogP contribution in [0.1, 0.15) is 30.3 Å². The fourth-order valence-corrected chi connectivity index (χ4v) is 1.17. The van der Waals surface area contributed by atoms with Gasteiger partial charge in [-0.1, -0.05) is 0 Å². The molecular weight excluding hydrogens is 214 g/mol. The topological polar surface area (TPSA) is 115 Å². The first-order valence-corrected chi connectivity index (χ1v) is 4.79. The van der Waals surface area contributed by atoms with Crippen molar-refractivity contribution in [3.8, 4) is 0 Å². The molecule has 4 N–H and O–H groups in total. The zero-order valence-electron chi connectivity index (χ0n) is 8.74. The van der Waals surface area contributed by atoms with E-state index in [9.17, 15) is 14.4 Å². The number of rotatable bonds is 5. The minimum Gasteiger partial charge on any atom is -0.481 e. The lowest BCUT2D eigenvalue weighted by molar-refractivity contribution is -0.137. The summed E-state index contributed by atoms with van der Waals surface area (Å²) in [7, 11) is 0. The van der Waals surface area contributed by atoms with Gasteiger partial charge in [0.2, 0.25) is 0 Å². The molecule has 0 fully saturated rings. The van der Waals surface area contributed by atoms with E-state index >= 15 is 0 Å². The highest BCUT2D eigenvalue weighted by Crippen LogP contribution is 1.98. The number of carboxylic acid groups (broad SMARTS) is 1. The summed E-state index contributed by atoms with van der Waals surface area (Å²) >= 11 is 0. The largest absolute Gasteiger partial charge is 0.481 e. The number of imidazole rings is 1. The van der Waals surface area contributed by atoms with Gasteiger partial charge in [0, 0.05) is 18.7 Å². The summed E-state index contributed by atoms with van der Waals surface area (Å²) in [5.41, 5.74) is -0.324. The Morgan fingerprint density at radius 2 is 2.25 bits per heavy atom. The summed E-state index contributed by atoms with van der Waals surface area (Å²) in [6, 6.07) is -0.262. The molecule has 1 atom stereocenters. The molecule has 1 unspecified atom stereocenters. The van der Waals surface area contributed by atoms with E-state index in [4.69, 9.17) is 5.11 Å². The van der Waals surface area contributed by atoms with Crippen LogP contribution in [0.25, 0.3) is 0 Å². The molecule has 7 nitrogen and oxygen atoms in total. The maximum absolute atomic E-state index is 11.5. The molecule has 0 radical (unpaired) electrons. The smallest absolute Gasteiger partial charge is 0.323 e. The van der Waals surface area contributed by atoms with E-state index in [2.05, 4.69) is 15.3 Å². The van der Waals surface area contributed by atoms with Gasteiger partial charge in [0.1, 0.15) is 5.69 Å². The number of hydrogen-bond acceptors (Lipinski definition) is 3. The zero-order valence-corrected chi connectivity index (χ0v) is 8.74. The van der Waals surface area contributed by atoms with Gasteiger partial charge in [0.25, 0.3) is 5.91 Å². The van der Waals surface area contributed by atoms with Crippen LogP contribution < -0.4 is 11.0 Å². The molecule has 0 spiro atoms. The van der Waals surface area contributed by atoms with Gasteiger partial charge < -0.3 is 20.4 Å². The van der Waals surface area contributed by atoms with Crippen LogP contribution in [0.2, 0.25) is 0 Å². The molecule has 0 aliphatic rings. The Morgan fingerprint density at radius 1 is 1.56 bits per heavy atom. The van der Waals surface area contributed by atoms with Crippen LogP contribution in [0.4, 0.5) is 0 Å². The van der Waals surface area contributed by atoms with Crippen LogP contribution in [-0.2, 0) is 4.79 Å². The van der Waals surface area contributed by atoms with Gasteiger partial charge in [-0.3, -0.25) is 9.59 Å². The van der Waals surface area contributed by atoms with Crippen LogP contribution in [0.5, 0.6) is 0 Å². The Labute approximate surface area is 90.9 Å². The minimum absolute atomic E-state index is 0.00883. The van der Waals surface area contributed by atoms with Crippen molar-refractivity contribution in [3.05, 3.63) is 22.4 Å². The molecule has 1 aromatic rings. The van der Waals surface area contributed by atoms with E-state index in [1.54, 1.807) is 6.92 Å². The summed E-state index contributed by atoms with van der Waals surface area (Å²) in [6.07, 6.45) is 1.60. The lowest BCUT2D eigenvalue weighted by Crippen LogP contribution is -2.33. The number of hydrogen-bond donors (Lipinski definition) is 4. The van der Waals surface area contributed by atoms with Gasteiger partial charge in [-0.2, -0.15) is 0 Å². The molecule has 1 rings (SSSR count). The highest BCUT2D eigenvalue weighted by atomic mass is 16.4. The molecule has 88 valence electrons. The van der Waals surface area contributed by atoms with E-state index < -0.39 is 17.6 Å². The fourth-order valence-electron chi connectivity index (χ4n) is 1.17. The second kappa shape index (κ2) is 5.15. The van der Waals surface area contributed by atoms with Crippen LogP contribution in [0.3, 0.4) is 0 Å². The van der Waals surface area contributed by atoms with Gasteiger partial charge in [-0.25, -0.2) is 4.79 Å². The van der Waals surface area contributed by atoms with Crippen LogP contribution in [-0.4, -0.2) is 33.0 Å². The Bertz CT molecular complexity index is 434. The van der Waals surface area contributed by atoms with E-state index in [-0.39, 0.29) is 18.2 Å². The van der Waals surface area contributed by atoms with Gasteiger partial charge in [-0.05, 0) is 13.3 Å². The van der Waals surface area contributed by atoms with Crippen molar-refractivity contribution in [1.82, 2.24) is 15.3 Å². The van der Waals surface area contributed by atoms with Crippen molar-refractivity contribution < 1.29 is 14.7 Å². The van der Waals surface area contributed by atoms with Crippen molar-refractivity contribution in [3.63, 3.8) is 0 Å². The first kappa shape index (κ1) is 12.0. The summed E-state index contributed by atoms with van der Waals surface area (Å²) in [5.74, 6) is -1.34. The first-order valence-electron chi connectivity index (χ1n) is 4.79. The molecule has 1 amide bonds. The average molecular weight is 227 g/mol. The van der Waals surface area contributed by atoms with Gasteiger partial charge in [0.05, 0.1) is 0 Å². The number of nitrogens with one attached hydrogen (secondary N) is 3. The average Bonchev–Trinajstić information content (AvgIpc) is 2.62. The third kappa shape index (κ3) is 3.60. The number of H-pyrrole nitrogens is 2. The van der Waals surface area contributed by atoms with Crippen molar-refractivity contribution in [2.24, 2.45) is 0 Å². The molecular formula is C9H13N3O4. The predicted octanol–water partition coefficient (Wildman–Crippen LogP) is -0.314. The molecule has 0 aliphatic carbocycles. The number of carbonyl (C=O) groups is 2. The number of aromatic nitrogens is 2. The van der Waals surface area contributed by atoms with Crippen molar-refractivity contribution in [2.75, 3.05) is 0 Å². The fraction of sp³-hybridized carbons (Fsp3) is 0.444. The standard InChI is InChI=1S/C9H13N3O4/c1-5(2-3-7(13)14)11-8(15)6-4-10-9(16)12-6/h4-5H,2-3H2,1H3,(H,11,15)(H,13,14)(H2,10,12,16). The van der Waals surface area contributed by atoms with Crippen molar-refractivity contribution in [1.29, 1.82) is 0 Å². The Balaban J connectivity index is 2.45. The second-order valence-corrected chi connectivity index (χ2v) is 3.46. The third-order valence-corrected chi connectivity index (χ3v) is 2.01. The lowest BCUT2D eigenvalue weighted by atomic mass is 10.2. The summed E-state index contributed by atoms with van der Waals surface area (Å²) in [6.45, 7) is 1.70. The first-order chi connectivity index (χ1) is 7.49. The highest BCUT2D eigenvalue weighted by molar-refractivity contribution is 5.92. The molecule has 7 heteroatoms. The van der Waals surface area contributed by atoms with E-state index in [1.165, 1.54) is 6.20 Å². The Hall–Kier alpha value is -2.05. The Kier molecular flexibility index (Phi) is 3.87. The highest BCUT2D eigenvalue weighted by Gasteiger charge is 2.12. The van der Waals surface area contributed by atoms with Crippen LogP contribution >= 0.6 is 0 Å². The number of aromatic amines is 2. The van der Waals surface area contributed by atoms with Gasteiger partial charge >= 0.3 is 11.7 Å². The van der Waals surface area contributed by atoms with Crippen molar-refractivity contribution in [2.45, 2.75) is 25.8 Å². The molecule has 0 aromatic carbocycles. The summed E-state index contributed by atoms with van der Waals surface area (Å²) in [4.78, 5) is 37.1. The predicted molar refractivity (Wildman–Crippen MR) is 55.2 cm³/mol. The molecule has 1 aromatic heterocycles. The van der Waals surface area contributed by atoms with Crippen LogP contribution in [0, 0.1) is 0 Å². The minimum atomic E-state index is -0.906. The third-order valence-electron chi connectivity index (χ3n) is 2.01. The van der Waals surface area contributed by atoms with E-state index in [0.717, 1.165) is 0 Å². The maximum Gasteiger partial charge on any atom is 0.323 e. The SMILES string of the molecule is CC(CCC(=O)O)NC(=O)c1c[nH]c(=O)[nH]1. The normalized spacial score (nSPS) is 12.1. The lowest BCUT2D eigenvalue weighted by Gasteiger charge is -2.11. The molecule has 0 bridgehead atoms. The maximum atomic E-state index is 11.5. The van der Waals surface area contributed by atoms with Gasteiger partial charge in [0.15, 0.2) is 0 Å². The zero-order chi connectivity index (χ0) is 12.1. The summed E-state index contributed by atoms with van der Waals surface area (Å²) < 4.78 is 0. The molecule has 0 saturated heterocycles. The number of aliphatic carboxylic acids is 1. The summed E-state index contributed by atoms with van der Waals surface area (Å²) in [5, 5.41) is 11.0. The number of carbonyl (C=O) groups excluding carboxylic acids is 1. The second-order valence-electron chi connectivity index (χ2n) is 3.46. The molecule has 0 saturated carbocycles. The number of amides is 1. The van der Waals surface area contributed by atoms with E-state index in [1.807, 2.05) is 0 Å². The van der Waals surface area contributed by atoms with Gasteiger partial charge in [-0.15, -0.1) is 0 Å². The van der Waals surface area contributed by atoms with Crippen molar-refractivity contribution >= 4 is 11.9 Å². The molecule has 16 heavy (non-hydrogen) atoms.